The van der Waals surface area contributed by atoms with Crippen molar-refractivity contribution in [2.24, 2.45) is 0 Å². The maximum atomic E-state index is 11.0. The lowest BCUT2D eigenvalue weighted by Gasteiger charge is -2.02. The van der Waals surface area contributed by atoms with Gasteiger partial charge in [-0.25, -0.2) is 0 Å². The minimum atomic E-state index is -0.157. The minimum Gasteiger partial charge on any atom is -0.508 e. The fourth-order valence-corrected chi connectivity index (χ4v) is 1.54. The topological polar surface area (TPSA) is 46.5 Å². The van der Waals surface area contributed by atoms with Crippen molar-refractivity contribution in [1.29, 1.82) is 0 Å². The van der Waals surface area contributed by atoms with Crippen molar-refractivity contribution in [3.8, 4) is 11.5 Å². The van der Waals surface area contributed by atoms with E-state index < -0.39 is 0 Å². The normalized spacial score (nSPS) is 9.50. The molecule has 0 saturated carbocycles. The molecule has 1 N–H and O–H groups in total. The second-order valence-corrected chi connectivity index (χ2v) is 3.45. The van der Waals surface area contributed by atoms with Gasteiger partial charge in [0, 0.05) is 22.6 Å². The van der Waals surface area contributed by atoms with Crippen molar-refractivity contribution in [1.82, 2.24) is 0 Å². The van der Waals surface area contributed by atoms with Crippen molar-refractivity contribution >= 4 is 49.4 Å². The predicted molar refractivity (Wildman–Crippen MR) is 61.1 cm³/mol. The maximum absolute atomic E-state index is 11.0. The Labute approximate surface area is 96.9 Å². The van der Waals surface area contributed by atoms with Gasteiger partial charge in [-0.15, -0.1) is 0 Å². The average Bonchev–Trinajstić information content (AvgIpc) is 2.04. The lowest BCUT2D eigenvalue weighted by Crippen LogP contribution is -1.90. The Hall–Kier alpha value is -0.0500. The zero-order chi connectivity index (χ0) is 9.14. The number of phenolic OH excluding ortho intramolecular Hbond substituents is 1. The molecule has 0 radical (unpaired) electrons. The highest BCUT2D eigenvalue weighted by molar-refractivity contribution is 14.1. The summed E-state index contributed by atoms with van der Waals surface area (Å²) >= 11 is 3.33. The van der Waals surface area contributed by atoms with Gasteiger partial charge in [-0.05, 0) is 18.2 Å². The fraction of sp³-hybridized carbons (Fsp3) is 0. The van der Waals surface area contributed by atoms with Gasteiger partial charge in [-0.3, -0.25) is 4.79 Å². The van der Waals surface area contributed by atoms with Gasteiger partial charge in [0.2, 0.25) is 3.79 Å². The molecule has 0 atom stereocenters. The lowest BCUT2D eigenvalue weighted by atomic mass is 10.2. The van der Waals surface area contributed by atoms with Gasteiger partial charge in [0.15, 0.2) is 23.0 Å². The Morgan fingerprint density at radius 3 is 2.67 bits per heavy atom. The number of rotatable bonds is 2. The van der Waals surface area contributed by atoms with E-state index in [1.54, 1.807) is 51.7 Å². The first-order chi connectivity index (χ1) is 5.65. The number of hydrogen-bond acceptors (Lipinski definition) is 3. The van der Waals surface area contributed by atoms with Crippen LogP contribution in [0, 0.1) is 0 Å². The third kappa shape index (κ3) is 2.22. The Morgan fingerprint density at radius 2 is 2.17 bits per heavy atom. The molecule has 0 aromatic heterocycles. The predicted octanol–water partition coefficient (Wildman–Crippen LogP) is 2.70. The number of aromatic hydroxyl groups is 1. The lowest BCUT2D eigenvalue weighted by molar-refractivity contribution is 0.110. The molecule has 0 aliphatic rings. The summed E-state index contributed by atoms with van der Waals surface area (Å²) in [6, 6.07) is 4.40. The van der Waals surface area contributed by atoms with E-state index >= 15 is 0 Å². The first kappa shape index (κ1) is 10.0. The number of benzene rings is 1. The van der Waals surface area contributed by atoms with Gasteiger partial charge in [0.1, 0.15) is 11.5 Å². The van der Waals surface area contributed by atoms with Crippen LogP contribution in [0.15, 0.2) is 18.2 Å². The quantitative estimate of drug-likeness (QED) is 0.625. The zero-order valence-corrected chi connectivity index (χ0v) is 10.1. The molecule has 0 spiro atoms. The van der Waals surface area contributed by atoms with Gasteiger partial charge in [0.05, 0.1) is 5.56 Å². The van der Waals surface area contributed by atoms with E-state index in [2.05, 4.69) is 0 Å². The van der Waals surface area contributed by atoms with Crippen molar-refractivity contribution in [3.05, 3.63) is 23.8 Å². The van der Waals surface area contributed by atoms with E-state index in [0.717, 1.165) is 0 Å². The standard InChI is InChI=1S/C7H4I2O3/c8-7(11)5-3-4(10)1-2-6(5)12-9/h1-3,10H. The zero-order valence-electron chi connectivity index (χ0n) is 5.75. The van der Waals surface area contributed by atoms with Gasteiger partial charge in [-0.2, -0.15) is 0 Å². The molecule has 12 heavy (non-hydrogen) atoms. The van der Waals surface area contributed by atoms with Crippen molar-refractivity contribution in [3.63, 3.8) is 0 Å². The molecule has 0 fully saturated rings. The van der Waals surface area contributed by atoms with Crippen molar-refractivity contribution in [2.75, 3.05) is 0 Å². The largest absolute Gasteiger partial charge is 0.508 e. The van der Waals surface area contributed by atoms with Gasteiger partial charge in [0.25, 0.3) is 0 Å². The second kappa shape index (κ2) is 4.26. The summed E-state index contributed by atoms with van der Waals surface area (Å²) < 4.78 is 4.74. The third-order valence-corrected chi connectivity index (χ3v) is 2.31. The van der Waals surface area contributed by atoms with Gasteiger partial charge < -0.3 is 8.17 Å². The van der Waals surface area contributed by atoms with Crippen molar-refractivity contribution < 1.29 is 13.0 Å². The molecular formula is C7H4I2O3. The third-order valence-electron chi connectivity index (χ3n) is 1.26. The summed E-state index contributed by atoms with van der Waals surface area (Å²) in [6.45, 7) is 0. The highest BCUT2D eigenvalue weighted by atomic mass is 127. The molecule has 0 amide bonds. The van der Waals surface area contributed by atoms with E-state index in [9.17, 15) is 4.79 Å². The van der Waals surface area contributed by atoms with Gasteiger partial charge >= 0.3 is 0 Å². The first-order valence-electron chi connectivity index (χ1n) is 2.96. The Kier molecular flexibility index (Phi) is 3.56. The van der Waals surface area contributed by atoms with Crippen LogP contribution in [0.3, 0.4) is 0 Å². The van der Waals surface area contributed by atoms with Crippen LogP contribution in [-0.4, -0.2) is 8.90 Å². The molecule has 64 valence electrons. The van der Waals surface area contributed by atoms with Crippen LogP contribution in [0.5, 0.6) is 11.5 Å². The Balaban J connectivity index is 3.21. The molecule has 0 bridgehead atoms. The van der Waals surface area contributed by atoms with Crippen LogP contribution < -0.4 is 3.07 Å². The summed E-state index contributed by atoms with van der Waals surface area (Å²) in [5.74, 6) is 0.528. The number of carbonyl (C=O) groups excluding carboxylic acids is 1. The van der Waals surface area contributed by atoms with E-state index in [1.165, 1.54) is 12.1 Å². The monoisotopic (exact) mass is 390 g/mol. The van der Waals surface area contributed by atoms with Crippen LogP contribution in [0.25, 0.3) is 0 Å². The summed E-state index contributed by atoms with van der Waals surface area (Å²) in [4.78, 5) is 11.0. The van der Waals surface area contributed by atoms with Gasteiger partial charge in [-0.1, -0.05) is 0 Å². The van der Waals surface area contributed by atoms with Crippen LogP contribution >= 0.6 is 45.6 Å². The SMILES string of the molecule is O=C(I)c1cc(O)ccc1OI. The molecule has 0 aliphatic carbocycles. The van der Waals surface area contributed by atoms with Crippen LogP contribution in [-0.2, 0) is 0 Å². The molecule has 1 aromatic rings. The molecule has 1 aromatic carbocycles. The maximum Gasteiger partial charge on any atom is 0.226 e. The molecule has 0 heterocycles. The van der Waals surface area contributed by atoms with E-state index in [1.807, 2.05) is 0 Å². The molecule has 1 rings (SSSR count). The molecular weight excluding hydrogens is 386 g/mol. The molecule has 3 nitrogen and oxygen atoms in total. The van der Waals surface area contributed by atoms with E-state index in [-0.39, 0.29) is 9.54 Å². The molecule has 0 aliphatic heterocycles. The Bertz CT molecular complexity index is 312. The van der Waals surface area contributed by atoms with E-state index in [0.29, 0.717) is 11.3 Å². The molecule has 0 saturated heterocycles. The number of phenols is 1. The van der Waals surface area contributed by atoms with Crippen LogP contribution in [0.2, 0.25) is 0 Å². The summed E-state index contributed by atoms with van der Waals surface area (Å²) in [5, 5.41) is 9.07. The molecule has 5 heteroatoms. The smallest absolute Gasteiger partial charge is 0.226 e. The first-order valence-corrected chi connectivity index (χ1v) is 4.92. The molecule has 0 unspecified atom stereocenters. The summed E-state index contributed by atoms with van der Waals surface area (Å²) in [5.41, 5.74) is 0.380. The number of halogens is 2. The van der Waals surface area contributed by atoms with Crippen molar-refractivity contribution in [2.45, 2.75) is 0 Å². The number of carbonyl (C=O) groups is 1. The van der Waals surface area contributed by atoms with Crippen LogP contribution in [0.4, 0.5) is 0 Å². The Morgan fingerprint density at radius 1 is 1.50 bits per heavy atom. The summed E-state index contributed by atoms with van der Waals surface area (Å²) in [6.07, 6.45) is 0. The second-order valence-electron chi connectivity index (χ2n) is 2.03. The highest BCUT2D eigenvalue weighted by Gasteiger charge is 2.09. The minimum absolute atomic E-state index is 0.0622. The highest BCUT2D eigenvalue weighted by Crippen LogP contribution is 2.26. The van der Waals surface area contributed by atoms with Crippen LogP contribution in [0.1, 0.15) is 10.4 Å². The average molecular weight is 390 g/mol. The number of hydrogen-bond donors (Lipinski definition) is 1. The summed E-state index contributed by atoms with van der Waals surface area (Å²) in [7, 11) is 0. The fourth-order valence-electron chi connectivity index (χ4n) is 0.739. The van der Waals surface area contributed by atoms with E-state index in [4.69, 9.17) is 8.17 Å².